The first-order valence-corrected chi connectivity index (χ1v) is 6.99. The van der Waals surface area contributed by atoms with E-state index in [1.54, 1.807) is 17.0 Å². The maximum Gasteiger partial charge on any atom is 0.260 e. The third kappa shape index (κ3) is 4.00. The molecule has 1 N–H and O–H groups in total. The van der Waals surface area contributed by atoms with E-state index in [9.17, 15) is 4.79 Å². The van der Waals surface area contributed by atoms with Crippen LogP contribution in [0.4, 0.5) is 0 Å². The summed E-state index contributed by atoms with van der Waals surface area (Å²) in [5, 5.41) is 9.53. The molecule has 0 aromatic heterocycles. The van der Waals surface area contributed by atoms with Gasteiger partial charge in [-0.05, 0) is 11.6 Å². The molecule has 6 nitrogen and oxygen atoms in total. The number of carbonyl (C=O) groups excluding carboxylic acids is 1. The molecule has 1 fully saturated rings. The molecule has 0 spiro atoms. The maximum absolute atomic E-state index is 12.0. The van der Waals surface area contributed by atoms with Crippen molar-refractivity contribution >= 4 is 17.5 Å². The molecule has 21 heavy (non-hydrogen) atoms. The Labute approximate surface area is 128 Å². The molecule has 0 atom stereocenters. The second-order valence-electron chi connectivity index (χ2n) is 4.53. The first kappa shape index (κ1) is 15.9. The second-order valence-corrected chi connectivity index (χ2v) is 4.94. The van der Waals surface area contributed by atoms with Gasteiger partial charge in [0.25, 0.3) is 5.91 Å². The highest BCUT2D eigenvalue weighted by Crippen LogP contribution is 2.33. The van der Waals surface area contributed by atoms with Crippen LogP contribution >= 0.6 is 11.6 Å². The summed E-state index contributed by atoms with van der Waals surface area (Å²) in [5.74, 6) is 0.697. The van der Waals surface area contributed by atoms with Crippen molar-refractivity contribution in [1.29, 1.82) is 0 Å². The van der Waals surface area contributed by atoms with Crippen molar-refractivity contribution < 1.29 is 24.1 Å². The molecule has 2 rings (SSSR count). The zero-order valence-electron chi connectivity index (χ0n) is 11.8. The molecule has 1 amide bonds. The van der Waals surface area contributed by atoms with Gasteiger partial charge in [0.2, 0.25) is 0 Å². The van der Waals surface area contributed by atoms with Crippen molar-refractivity contribution in [3.05, 3.63) is 22.7 Å². The van der Waals surface area contributed by atoms with Crippen LogP contribution in [0.3, 0.4) is 0 Å². The van der Waals surface area contributed by atoms with Crippen molar-refractivity contribution in [3.8, 4) is 11.5 Å². The van der Waals surface area contributed by atoms with Crippen LogP contribution in [0.2, 0.25) is 5.02 Å². The van der Waals surface area contributed by atoms with Gasteiger partial charge in [0.15, 0.2) is 18.1 Å². The molecule has 1 aliphatic rings. The van der Waals surface area contributed by atoms with Crippen LogP contribution in [-0.2, 0) is 16.1 Å². The van der Waals surface area contributed by atoms with Crippen LogP contribution in [0.1, 0.15) is 5.56 Å². The standard InChI is InChI=1S/C14H18ClNO5/c1-19-12-6-10(8-17)11(15)7-13(12)21-9-14(18)16-2-4-20-5-3-16/h6-7,17H,2-5,8-9H2,1H3. The largest absolute Gasteiger partial charge is 0.493 e. The predicted molar refractivity (Wildman–Crippen MR) is 76.8 cm³/mol. The third-order valence-corrected chi connectivity index (χ3v) is 3.57. The molecular weight excluding hydrogens is 298 g/mol. The lowest BCUT2D eigenvalue weighted by atomic mass is 10.2. The van der Waals surface area contributed by atoms with E-state index in [0.29, 0.717) is 48.4 Å². The lowest BCUT2D eigenvalue weighted by Gasteiger charge is -2.26. The first-order chi connectivity index (χ1) is 10.2. The average molecular weight is 316 g/mol. The number of aliphatic hydroxyl groups is 1. The Kier molecular flexibility index (Phi) is 5.67. The number of amides is 1. The Morgan fingerprint density at radius 3 is 2.71 bits per heavy atom. The molecule has 0 unspecified atom stereocenters. The molecule has 1 aromatic rings. The van der Waals surface area contributed by atoms with Crippen LogP contribution < -0.4 is 9.47 Å². The molecule has 1 heterocycles. The number of nitrogens with zero attached hydrogens (tertiary/aromatic N) is 1. The molecule has 0 bridgehead atoms. The molecule has 1 saturated heterocycles. The summed E-state index contributed by atoms with van der Waals surface area (Å²) in [4.78, 5) is 13.7. The SMILES string of the molecule is COc1cc(CO)c(Cl)cc1OCC(=O)N1CCOCC1. The summed E-state index contributed by atoms with van der Waals surface area (Å²) in [7, 11) is 1.49. The van der Waals surface area contributed by atoms with Gasteiger partial charge in [-0.3, -0.25) is 4.79 Å². The number of aliphatic hydroxyl groups excluding tert-OH is 1. The zero-order valence-corrected chi connectivity index (χ0v) is 12.6. The van der Waals surface area contributed by atoms with E-state index in [4.69, 9.17) is 30.9 Å². The minimum atomic E-state index is -0.192. The number of hydrogen-bond donors (Lipinski definition) is 1. The fourth-order valence-electron chi connectivity index (χ4n) is 2.01. The minimum Gasteiger partial charge on any atom is -0.493 e. The maximum atomic E-state index is 12.0. The summed E-state index contributed by atoms with van der Waals surface area (Å²) in [6.07, 6.45) is 0. The molecule has 1 aliphatic heterocycles. The van der Waals surface area contributed by atoms with Crippen molar-refractivity contribution in [2.24, 2.45) is 0 Å². The van der Waals surface area contributed by atoms with Gasteiger partial charge < -0.3 is 24.2 Å². The number of halogens is 1. The number of benzene rings is 1. The molecule has 0 saturated carbocycles. The van der Waals surface area contributed by atoms with Crippen molar-refractivity contribution in [1.82, 2.24) is 4.90 Å². The van der Waals surface area contributed by atoms with Gasteiger partial charge >= 0.3 is 0 Å². The number of hydrogen-bond acceptors (Lipinski definition) is 5. The van der Waals surface area contributed by atoms with Crippen LogP contribution in [0.5, 0.6) is 11.5 Å². The minimum absolute atomic E-state index is 0.0921. The monoisotopic (exact) mass is 315 g/mol. The third-order valence-electron chi connectivity index (χ3n) is 3.22. The van der Waals surface area contributed by atoms with Gasteiger partial charge in [-0.1, -0.05) is 11.6 Å². The summed E-state index contributed by atoms with van der Waals surface area (Å²) in [6, 6.07) is 3.13. The Balaban J connectivity index is 2.01. The fourth-order valence-corrected chi connectivity index (χ4v) is 2.23. The Morgan fingerprint density at radius 2 is 2.10 bits per heavy atom. The van der Waals surface area contributed by atoms with E-state index >= 15 is 0 Å². The zero-order chi connectivity index (χ0) is 15.2. The van der Waals surface area contributed by atoms with E-state index in [2.05, 4.69) is 0 Å². The predicted octanol–water partition coefficient (Wildman–Crippen LogP) is 1.08. The normalized spacial score (nSPS) is 14.9. The van der Waals surface area contributed by atoms with Gasteiger partial charge in [-0.2, -0.15) is 0 Å². The highest BCUT2D eigenvalue weighted by molar-refractivity contribution is 6.31. The number of methoxy groups -OCH3 is 1. The van der Waals surface area contributed by atoms with Crippen molar-refractivity contribution in [2.45, 2.75) is 6.61 Å². The highest BCUT2D eigenvalue weighted by atomic mass is 35.5. The van der Waals surface area contributed by atoms with Crippen LogP contribution in [0.25, 0.3) is 0 Å². The fraction of sp³-hybridized carbons (Fsp3) is 0.500. The molecule has 1 aromatic carbocycles. The van der Waals surface area contributed by atoms with Gasteiger partial charge in [0.05, 0.1) is 32.0 Å². The Hall–Kier alpha value is -1.50. The van der Waals surface area contributed by atoms with Crippen LogP contribution in [0, 0.1) is 0 Å². The topological polar surface area (TPSA) is 68.2 Å². The second kappa shape index (κ2) is 7.49. The number of ether oxygens (including phenoxy) is 3. The first-order valence-electron chi connectivity index (χ1n) is 6.61. The summed E-state index contributed by atoms with van der Waals surface area (Å²) in [5.41, 5.74) is 0.542. The summed E-state index contributed by atoms with van der Waals surface area (Å²) >= 11 is 6.02. The number of morpholine rings is 1. The Morgan fingerprint density at radius 1 is 1.38 bits per heavy atom. The number of rotatable bonds is 5. The average Bonchev–Trinajstić information content (AvgIpc) is 2.53. The van der Waals surface area contributed by atoms with Gasteiger partial charge in [0.1, 0.15) is 0 Å². The summed E-state index contributed by atoms with van der Waals surface area (Å²) < 4.78 is 15.9. The molecule has 7 heteroatoms. The van der Waals surface area contributed by atoms with E-state index in [-0.39, 0.29) is 19.1 Å². The van der Waals surface area contributed by atoms with E-state index in [1.807, 2.05) is 0 Å². The van der Waals surface area contributed by atoms with Crippen molar-refractivity contribution in [3.63, 3.8) is 0 Å². The summed E-state index contributed by atoms with van der Waals surface area (Å²) in [6.45, 7) is 1.96. The number of carbonyl (C=O) groups is 1. The van der Waals surface area contributed by atoms with E-state index in [0.717, 1.165) is 0 Å². The van der Waals surface area contributed by atoms with Crippen LogP contribution in [-0.4, -0.2) is 55.9 Å². The van der Waals surface area contributed by atoms with E-state index < -0.39 is 0 Å². The van der Waals surface area contributed by atoms with Gasteiger partial charge in [-0.15, -0.1) is 0 Å². The van der Waals surface area contributed by atoms with Crippen LogP contribution in [0.15, 0.2) is 12.1 Å². The van der Waals surface area contributed by atoms with Gasteiger partial charge in [-0.25, -0.2) is 0 Å². The lowest BCUT2D eigenvalue weighted by Crippen LogP contribution is -2.43. The van der Waals surface area contributed by atoms with Gasteiger partial charge in [0, 0.05) is 19.2 Å². The molecule has 116 valence electrons. The molecular formula is C14H18ClNO5. The Bertz CT molecular complexity index is 502. The quantitative estimate of drug-likeness (QED) is 0.880. The lowest BCUT2D eigenvalue weighted by molar-refractivity contribution is -0.137. The molecule has 0 aliphatic carbocycles. The smallest absolute Gasteiger partial charge is 0.260 e. The van der Waals surface area contributed by atoms with E-state index in [1.165, 1.54) is 7.11 Å². The highest BCUT2D eigenvalue weighted by Gasteiger charge is 2.18. The van der Waals surface area contributed by atoms with Crippen molar-refractivity contribution in [2.75, 3.05) is 40.0 Å². The molecule has 0 radical (unpaired) electrons.